The SMILES string of the molecule is CC(C)(C)[Si](C)(C)OC[C@H]1O[C@@H](n2ccc(NC(=O)c3ccccc3)nc2=O)C[C@@H]1OC=O. The first-order chi connectivity index (χ1) is 15.5. The van der Waals surface area contributed by atoms with Gasteiger partial charge in [0.15, 0.2) is 8.32 Å². The lowest BCUT2D eigenvalue weighted by Gasteiger charge is -2.37. The van der Waals surface area contributed by atoms with Crippen LogP contribution in [0.5, 0.6) is 0 Å². The van der Waals surface area contributed by atoms with Crippen LogP contribution in [0.15, 0.2) is 47.4 Å². The van der Waals surface area contributed by atoms with Crippen molar-refractivity contribution >= 4 is 26.5 Å². The lowest BCUT2D eigenvalue weighted by molar-refractivity contribution is -0.137. The van der Waals surface area contributed by atoms with Crippen molar-refractivity contribution in [3.05, 3.63) is 58.6 Å². The van der Waals surface area contributed by atoms with Crippen LogP contribution >= 0.6 is 0 Å². The molecular weight excluding hydrogens is 442 g/mol. The third kappa shape index (κ3) is 5.95. The van der Waals surface area contributed by atoms with Gasteiger partial charge in [0.1, 0.15) is 24.3 Å². The highest BCUT2D eigenvalue weighted by Gasteiger charge is 2.42. The summed E-state index contributed by atoms with van der Waals surface area (Å²) in [4.78, 5) is 39.9. The molecule has 1 fully saturated rings. The van der Waals surface area contributed by atoms with Gasteiger partial charge in [0, 0.05) is 18.2 Å². The predicted molar refractivity (Wildman–Crippen MR) is 126 cm³/mol. The molecular formula is C23H31N3O6Si. The van der Waals surface area contributed by atoms with Gasteiger partial charge in [-0.15, -0.1) is 0 Å². The van der Waals surface area contributed by atoms with Gasteiger partial charge in [0.25, 0.3) is 12.4 Å². The van der Waals surface area contributed by atoms with Crippen LogP contribution in [0.3, 0.4) is 0 Å². The number of nitrogens with one attached hydrogen (secondary N) is 1. The largest absolute Gasteiger partial charge is 0.462 e. The minimum atomic E-state index is -2.03. The molecule has 9 nitrogen and oxygen atoms in total. The van der Waals surface area contributed by atoms with E-state index >= 15 is 0 Å². The Balaban J connectivity index is 1.70. The van der Waals surface area contributed by atoms with Gasteiger partial charge in [-0.3, -0.25) is 14.2 Å². The van der Waals surface area contributed by atoms with Gasteiger partial charge in [-0.2, -0.15) is 4.98 Å². The highest BCUT2D eigenvalue weighted by molar-refractivity contribution is 6.74. The summed E-state index contributed by atoms with van der Waals surface area (Å²) < 4.78 is 18.8. The minimum absolute atomic E-state index is 0.0207. The van der Waals surface area contributed by atoms with Crippen molar-refractivity contribution in [2.75, 3.05) is 11.9 Å². The quantitative estimate of drug-likeness (QED) is 0.463. The summed E-state index contributed by atoms with van der Waals surface area (Å²) in [6, 6.07) is 10.2. The summed E-state index contributed by atoms with van der Waals surface area (Å²) in [5.41, 5.74) is -0.122. The molecule has 1 aliphatic heterocycles. The maximum absolute atomic E-state index is 12.7. The number of benzene rings is 1. The second-order valence-corrected chi connectivity index (χ2v) is 14.3. The van der Waals surface area contributed by atoms with E-state index in [0.29, 0.717) is 18.5 Å². The van der Waals surface area contributed by atoms with E-state index in [1.807, 2.05) is 6.07 Å². The monoisotopic (exact) mass is 473 g/mol. The lowest BCUT2D eigenvalue weighted by Crippen LogP contribution is -2.44. The third-order valence-corrected chi connectivity index (χ3v) is 10.7. The molecule has 178 valence electrons. The maximum Gasteiger partial charge on any atom is 0.351 e. The van der Waals surface area contributed by atoms with Gasteiger partial charge in [-0.1, -0.05) is 39.0 Å². The van der Waals surface area contributed by atoms with Crippen molar-refractivity contribution in [2.45, 2.75) is 63.8 Å². The Morgan fingerprint density at radius 1 is 1.27 bits per heavy atom. The third-order valence-electron chi connectivity index (χ3n) is 6.24. The molecule has 3 atom stereocenters. The van der Waals surface area contributed by atoms with Gasteiger partial charge >= 0.3 is 5.69 Å². The van der Waals surface area contributed by atoms with Crippen LogP contribution in [-0.2, 0) is 18.7 Å². The van der Waals surface area contributed by atoms with Gasteiger partial charge in [-0.05, 0) is 36.3 Å². The topological polar surface area (TPSA) is 109 Å². The van der Waals surface area contributed by atoms with E-state index < -0.39 is 32.4 Å². The molecule has 10 heteroatoms. The average Bonchev–Trinajstić information content (AvgIpc) is 3.15. The van der Waals surface area contributed by atoms with Crippen LogP contribution in [0.25, 0.3) is 0 Å². The molecule has 2 aromatic rings. The van der Waals surface area contributed by atoms with Crippen molar-refractivity contribution in [3.63, 3.8) is 0 Å². The minimum Gasteiger partial charge on any atom is -0.462 e. The van der Waals surface area contributed by atoms with Crippen LogP contribution in [-0.4, -0.2) is 49.1 Å². The van der Waals surface area contributed by atoms with Gasteiger partial charge in [0.05, 0.1) is 6.61 Å². The van der Waals surface area contributed by atoms with E-state index in [-0.39, 0.29) is 23.4 Å². The normalized spacial score (nSPS) is 20.9. The summed E-state index contributed by atoms with van der Waals surface area (Å²) >= 11 is 0. The predicted octanol–water partition coefficient (Wildman–Crippen LogP) is 3.35. The molecule has 0 saturated carbocycles. The molecule has 1 amide bonds. The smallest absolute Gasteiger partial charge is 0.351 e. The van der Waals surface area contributed by atoms with Crippen molar-refractivity contribution in [1.82, 2.24) is 9.55 Å². The fraction of sp³-hybridized carbons (Fsp3) is 0.478. The first-order valence-corrected chi connectivity index (χ1v) is 13.8. The lowest BCUT2D eigenvalue weighted by atomic mass is 10.2. The Labute approximate surface area is 194 Å². The summed E-state index contributed by atoms with van der Waals surface area (Å²) in [6.45, 7) is 11.3. The highest BCUT2D eigenvalue weighted by Crippen LogP contribution is 2.38. The van der Waals surface area contributed by atoms with E-state index in [9.17, 15) is 14.4 Å². The molecule has 1 aliphatic rings. The summed E-state index contributed by atoms with van der Waals surface area (Å²) in [5, 5.41) is 2.64. The van der Waals surface area contributed by atoms with Crippen LogP contribution < -0.4 is 11.0 Å². The molecule has 0 unspecified atom stereocenters. The van der Waals surface area contributed by atoms with Crippen LogP contribution in [0.1, 0.15) is 43.8 Å². The molecule has 2 heterocycles. The number of anilines is 1. The molecule has 1 saturated heterocycles. The van der Waals surface area contributed by atoms with E-state index in [1.165, 1.54) is 16.8 Å². The number of carbonyl (C=O) groups excluding carboxylic acids is 2. The Morgan fingerprint density at radius 3 is 2.58 bits per heavy atom. The summed E-state index contributed by atoms with van der Waals surface area (Å²) in [7, 11) is -2.03. The van der Waals surface area contributed by atoms with Crippen LogP contribution in [0.2, 0.25) is 18.1 Å². The number of aromatic nitrogens is 2. The zero-order valence-corrected chi connectivity index (χ0v) is 20.6. The van der Waals surface area contributed by atoms with Crippen molar-refractivity contribution < 1.29 is 23.5 Å². The number of rotatable bonds is 8. The zero-order valence-electron chi connectivity index (χ0n) is 19.6. The fourth-order valence-corrected chi connectivity index (χ4v) is 4.24. The molecule has 0 aliphatic carbocycles. The van der Waals surface area contributed by atoms with Crippen LogP contribution in [0, 0.1) is 0 Å². The summed E-state index contributed by atoms with van der Waals surface area (Å²) in [5.74, 6) is -0.221. The molecule has 0 radical (unpaired) electrons. The van der Waals surface area contributed by atoms with E-state index in [1.54, 1.807) is 24.3 Å². The molecule has 3 rings (SSSR count). The van der Waals surface area contributed by atoms with Crippen LogP contribution in [0.4, 0.5) is 5.82 Å². The first kappa shape index (κ1) is 24.8. The molecule has 33 heavy (non-hydrogen) atoms. The second-order valence-electron chi connectivity index (χ2n) is 9.53. The fourth-order valence-electron chi connectivity index (χ4n) is 3.22. The van der Waals surface area contributed by atoms with Crippen molar-refractivity contribution in [2.24, 2.45) is 0 Å². The first-order valence-electron chi connectivity index (χ1n) is 10.9. The average molecular weight is 474 g/mol. The Kier molecular flexibility index (Phi) is 7.50. The number of hydrogen-bond acceptors (Lipinski definition) is 7. The number of ether oxygens (including phenoxy) is 2. The standard InChI is InChI=1S/C23H31N3O6Si/c1-23(2,3)33(4,5)31-14-18-17(30-15-27)13-20(32-18)26-12-11-19(25-22(26)29)24-21(28)16-9-7-6-8-10-16/h6-12,15,17-18,20H,13-14H2,1-5H3,(H,24,25,28,29)/t17-,18+,20+/m0/s1. The number of amides is 1. The molecule has 1 aromatic heterocycles. The van der Waals surface area contributed by atoms with E-state index in [2.05, 4.69) is 44.2 Å². The van der Waals surface area contributed by atoms with Crippen molar-refractivity contribution in [3.8, 4) is 0 Å². The Bertz CT molecular complexity index is 1030. The second kappa shape index (κ2) is 9.98. The highest BCUT2D eigenvalue weighted by atomic mass is 28.4. The molecule has 0 bridgehead atoms. The van der Waals surface area contributed by atoms with Crippen molar-refractivity contribution in [1.29, 1.82) is 0 Å². The van der Waals surface area contributed by atoms with Gasteiger partial charge in [-0.25, -0.2) is 4.79 Å². The van der Waals surface area contributed by atoms with Gasteiger partial charge < -0.3 is 19.2 Å². The van der Waals surface area contributed by atoms with E-state index in [0.717, 1.165) is 0 Å². The summed E-state index contributed by atoms with van der Waals surface area (Å²) in [6.07, 6.45) is 0.0965. The number of carbonyl (C=O) groups is 2. The molecule has 0 spiro atoms. The van der Waals surface area contributed by atoms with E-state index in [4.69, 9.17) is 13.9 Å². The maximum atomic E-state index is 12.7. The number of hydrogen-bond donors (Lipinski definition) is 1. The zero-order chi connectivity index (χ0) is 24.2. The Hall–Kier alpha value is -2.82. The molecule has 1 aromatic carbocycles. The van der Waals surface area contributed by atoms with Gasteiger partial charge in [0.2, 0.25) is 0 Å². The number of nitrogens with zero attached hydrogens (tertiary/aromatic N) is 2. The Morgan fingerprint density at radius 2 is 1.97 bits per heavy atom. The molecule has 1 N–H and O–H groups in total.